The summed E-state index contributed by atoms with van der Waals surface area (Å²) in [5, 5.41) is 2.62. The topological polar surface area (TPSA) is 29.1 Å². The van der Waals surface area contributed by atoms with Crippen molar-refractivity contribution in [1.82, 2.24) is 5.32 Å². The van der Waals surface area contributed by atoms with Crippen LogP contribution in [0, 0.1) is 20.8 Å². The van der Waals surface area contributed by atoms with Crippen molar-refractivity contribution in [3.8, 4) is 0 Å². The first-order valence-corrected chi connectivity index (χ1v) is 6.52. The third kappa shape index (κ3) is 2.58. The van der Waals surface area contributed by atoms with Crippen LogP contribution in [0.25, 0.3) is 6.08 Å². The first-order chi connectivity index (χ1) is 7.97. The second-order valence-corrected chi connectivity index (χ2v) is 5.86. The van der Waals surface area contributed by atoms with Gasteiger partial charge in [0.25, 0.3) is 5.91 Å². The quantitative estimate of drug-likeness (QED) is 0.623. The van der Waals surface area contributed by atoms with E-state index >= 15 is 0 Å². The van der Waals surface area contributed by atoms with Gasteiger partial charge in [-0.25, -0.2) is 0 Å². The minimum Gasteiger partial charge on any atom is -0.307 e. The van der Waals surface area contributed by atoms with Gasteiger partial charge in [-0.3, -0.25) is 4.79 Å². The van der Waals surface area contributed by atoms with Crippen molar-refractivity contribution in [1.29, 1.82) is 0 Å². The van der Waals surface area contributed by atoms with Gasteiger partial charge in [0.2, 0.25) is 0 Å². The van der Waals surface area contributed by atoms with Gasteiger partial charge in [-0.05, 0) is 49.1 Å². The summed E-state index contributed by atoms with van der Waals surface area (Å²) in [5.41, 5.74) is 4.75. The van der Waals surface area contributed by atoms with Crippen LogP contribution in [-0.2, 0) is 4.79 Å². The molecule has 2 rings (SSSR count). The molecular weight excluding hydrogens is 250 g/mol. The van der Waals surface area contributed by atoms with Crippen molar-refractivity contribution in [2.75, 3.05) is 0 Å². The predicted octanol–water partition coefficient (Wildman–Crippen LogP) is 3.10. The lowest BCUT2D eigenvalue weighted by molar-refractivity contribution is -0.115. The molecule has 1 fully saturated rings. The molecule has 0 aliphatic carbocycles. The number of amides is 1. The average molecular weight is 263 g/mol. The van der Waals surface area contributed by atoms with Crippen molar-refractivity contribution < 1.29 is 4.79 Å². The Bertz CT molecular complexity index is 547. The van der Waals surface area contributed by atoms with Crippen LogP contribution in [0.4, 0.5) is 0 Å². The molecule has 1 aliphatic rings. The summed E-state index contributed by atoms with van der Waals surface area (Å²) >= 11 is 6.28. The highest BCUT2D eigenvalue weighted by molar-refractivity contribution is 8.26. The number of carbonyl (C=O) groups excluding carboxylic acids is 1. The molecule has 17 heavy (non-hydrogen) atoms. The van der Waals surface area contributed by atoms with Gasteiger partial charge >= 0.3 is 0 Å². The molecule has 0 unspecified atom stereocenters. The molecule has 0 bridgehead atoms. The molecule has 1 aromatic carbocycles. The van der Waals surface area contributed by atoms with Crippen LogP contribution >= 0.6 is 24.0 Å². The Morgan fingerprint density at radius 1 is 1.18 bits per heavy atom. The molecule has 0 spiro atoms. The number of benzene rings is 1. The molecule has 2 nitrogen and oxygen atoms in total. The van der Waals surface area contributed by atoms with E-state index < -0.39 is 0 Å². The summed E-state index contributed by atoms with van der Waals surface area (Å²) in [6, 6.07) is 4.24. The Kier molecular flexibility index (Phi) is 3.35. The van der Waals surface area contributed by atoms with Gasteiger partial charge in [0.1, 0.15) is 4.32 Å². The minimum absolute atomic E-state index is 0.0994. The zero-order chi connectivity index (χ0) is 12.6. The molecule has 1 saturated heterocycles. The fourth-order valence-corrected chi connectivity index (χ4v) is 2.74. The normalized spacial score (nSPS) is 17.7. The maximum atomic E-state index is 11.6. The molecule has 1 heterocycles. The largest absolute Gasteiger partial charge is 0.307 e. The smallest absolute Gasteiger partial charge is 0.263 e. The number of aryl methyl sites for hydroxylation is 3. The van der Waals surface area contributed by atoms with E-state index in [1.54, 1.807) is 0 Å². The van der Waals surface area contributed by atoms with Gasteiger partial charge in [0.05, 0.1) is 4.91 Å². The van der Waals surface area contributed by atoms with Crippen molar-refractivity contribution >= 4 is 40.3 Å². The van der Waals surface area contributed by atoms with Crippen LogP contribution in [-0.4, -0.2) is 10.2 Å². The number of thioether (sulfide) groups is 1. The molecule has 88 valence electrons. The van der Waals surface area contributed by atoms with Crippen molar-refractivity contribution in [3.63, 3.8) is 0 Å². The number of thiocarbonyl (C=S) groups is 1. The van der Waals surface area contributed by atoms with Crippen molar-refractivity contribution in [3.05, 3.63) is 39.3 Å². The summed E-state index contributed by atoms with van der Waals surface area (Å²) in [7, 11) is 0. The summed E-state index contributed by atoms with van der Waals surface area (Å²) < 4.78 is 0.530. The predicted molar refractivity (Wildman–Crippen MR) is 77.0 cm³/mol. The van der Waals surface area contributed by atoms with Gasteiger partial charge in [0.15, 0.2) is 0 Å². The van der Waals surface area contributed by atoms with Crippen LogP contribution in [0.3, 0.4) is 0 Å². The third-order valence-electron chi connectivity index (χ3n) is 2.81. The van der Waals surface area contributed by atoms with E-state index in [1.165, 1.54) is 28.5 Å². The maximum Gasteiger partial charge on any atom is 0.263 e. The van der Waals surface area contributed by atoms with E-state index in [0.717, 1.165) is 5.56 Å². The highest BCUT2D eigenvalue weighted by Gasteiger charge is 2.22. The molecule has 1 aromatic rings. The molecule has 4 heteroatoms. The maximum absolute atomic E-state index is 11.6. The number of hydrogen-bond donors (Lipinski definition) is 1. The monoisotopic (exact) mass is 263 g/mol. The lowest BCUT2D eigenvalue weighted by Gasteiger charge is -2.06. The van der Waals surface area contributed by atoms with Gasteiger partial charge in [-0.15, -0.1) is 0 Å². The third-order valence-corrected chi connectivity index (χ3v) is 3.97. The van der Waals surface area contributed by atoms with Crippen molar-refractivity contribution in [2.24, 2.45) is 0 Å². The number of hydrogen-bond acceptors (Lipinski definition) is 3. The van der Waals surface area contributed by atoms with Gasteiger partial charge in [-0.2, -0.15) is 0 Å². The van der Waals surface area contributed by atoms with Crippen LogP contribution in [0.15, 0.2) is 17.0 Å². The average Bonchev–Trinajstić information content (AvgIpc) is 2.54. The molecular formula is C13H13NOS2. The second kappa shape index (κ2) is 4.63. The Hall–Kier alpha value is -1.13. The summed E-state index contributed by atoms with van der Waals surface area (Å²) in [6.45, 7) is 6.21. The van der Waals surface area contributed by atoms with Gasteiger partial charge < -0.3 is 5.32 Å². The Morgan fingerprint density at radius 3 is 2.41 bits per heavy atom. The Morgan fingerprint density at radius 2 is 1.82 bits per heavy atom. The Labute approximate surface area is 110 Å². The molecule has 1 N–H and O–H groups in total. The van der Waals surface area contributed by atoms with Crippen LogP contribution in [0.2, 0.25) is 0 Å². The standard InChI is InChI=1S/C13H13NOS2/c1-7-4-9(3)10(5-8(7)2)6-11-12(15)14-13(16)17-11/h4-6H,1-3H3,(H,14,15,16)/b11-6-. The molecule has 0 radical (unpaired) electrons. The first-order valence-electron chi connectivity index (χ1n) is 5.30. The zero-order valence-corrected chi connectivity index (χ0v) is 11.6. The molecule has 0 saturated carbocycles. The second-order valence-electron chi connectivity index (χ2n) is 4.15. The Balaban J connectivity index is 2.42. The molecule has 0 atom stereocenters. The first kappa shape index (κ1) is 12.3. The van der Waals surface area contributed by atoms with Gasteiger partial charge in [0, 0.05) is 0 Å². The SMILES string of the molecule is Cc1cc(C)c(/C=C2\SC(=S)NC2=O)cc1C. The van der Waals surface area contributed by atoms with Crippen LogP contribution in [0.5, 0.6) is 0 Å². The van der Waals surface area contributed by atoms with E-state index in [0.29, 0.717) is 9.23 Å². The van der Waals surface area contributed by atoms with E-state index in [9.17, 15) is 4.79 Å². The van der Waals surface area contributed by atoms with E-state index in [4.69, 9.17) is 12.2 Å². The lowest BCUT2D eigenvalue weighted by Crippen LogP contribution is -2.17. The molecule has 1 aliphatic heterocycles. The van der Waals surface area contributed by atoms with E-state index in [2.05, 4.69) is 38.2 Å². The molecule has 0 aromatic heterocycles. The van der Waals surface area contributed by atoms with E-state index in [-0.39, 0.29) is 5.91 Å². The van der Waals surface area contributed by atoms with E-state index in [1.807, 2.05) is 6.08 Å². The fourth-order valence-electron chi connectivity index (χ4n) is 1.70. The summed E-state index contributed by atoms with van der Waals surface area (Å²) in [4.78, 5) is 12.2. The number of carbonyl (C=O) groups is 1. The van der Waals surface area contributed by atoms with Gasteiger partial charge in [-0.1, -0.05) is 36.1 Å². The number of rotatable bonds is 1. The number of nitrogens with one attached hydrogen (secondary N) is 1. The van der Waals surface area contributed by atoms with Crippen molar-refractivity contribution in [2.45, 2.75) is 20.8 Å². The highest BCUT2D eigenvalue weighted by Crippen LogP contribution is 2.27. The van der Waals surface area contributed by atoms with Crippen LogP contribution < -0.4 is 5.32 Å². The lowest BCUT2D eigenvalue weighted by atomic mass is 10.0. The van der Waals surface area contributed by atoms with Crippen LogP contribution in [0.1, 0.15) is 22.3 Å². The molecule has 1 amide bonds. The highest BCUT2D eigenvalue weighted by atomic mass is 32.2. The fraction of sp³-hybridized carbons (Fsp3) is 0.231. The summed E-state index contributed by atoms with van der Waals surface area (Å²) in [5.74, 6) is -0.0994. The zero-order valence-electron chi connectivity index (χ0n) is 9.96. The minimum atomic E-state index is -0.0994. The summed E-state index contributed by atoms with van der Waals surface area (Å²) in [6.07, 6.45) is 1.90.